The van der Waals surface area contributed by atoms with Crippen molar-refractivity contribution in [2.24, 2.45) is 0 Å². The van der Waals surface area contributed by atoms with E-state index >= 15 is 0 Å². The summed E-state index contributed by atoms with van der Waals surface area (Å²) < 4.78 is 5.44. The molecule has 0 fully saturated rings. The maximum atomic E-state index is 13.7. The first-order valence-electron chi connectivity index (χ1n) is 10.9. The van der Waals surface area contributed by atoms with Crippen LogP contribution in [0.4, 0.5) is 0 Å². The zero-order valence-electron chi connectivity index (χ0n) is 18.5. The monoisotopic (exact) mass is 462 g/mol. The Morgan fingerprint density at radius 2 is 1.15 bits per heavy atom. The van der Waals surface area contributed by atoms with Crippen LogP contribution in [0.5, 0.6) is 0 Å². The summed E-state index contributed by atoms with van der Waals surface area (Å²) in [6.07, 6.45) is -0.0422. The normalized spacial score (nSPS) is 10.9. The molecule has 5 nitrogen and oxygen atoms in total. The van der Waals surface area contributed by atoms with E-state index in [0.717, 1.165) is 15.9 Å². The molecule has 0 amide bonds. The number of aliphatic carboxylic acids is 1. The van der Waals surface area contributed by atoms with Gasteiger partial charge in [0.25, 0.3) is 0 Å². The molecule has 3 aromatic rings. The lowest BCUT2D eigenvalue weighted by Gasteiger charge is -2.31. The van der Waals surface area contributed by atoms with Gasteiger partial charge in [-0.15, -0.1) is 0 Å². The Labute approximate surface area is 194 Å². The van der Waals surface area contributed by atoms with E-state index in [1.54, 1.807) is 6.92 Å². The van der Waals surface area contributed by atoms with Gasteiger partial charge >= 0.3 is 11.9 Å². The Kier molecular flexibility index (Phi) is 8.39. The van der Waals surface area contributed by atoms with Gasteiger partial charge in [0.1, 0.15) is 5.29 Å². The molecule has 0 radical (unpaired) electrons. The summed E-state index contributed by atoms with van der Waals surface area (Å²) in [5.41, 5.74) is 0. The predicted octanol–water partition coefficient (Wildman–Crippen LogP) is 3.54. The fraction of sp³-hybridized carbons (Fsp3) is 0.185. The number of rotatable bonds is 10. The van der Waals surface area contributed by atoms with Gasteiger partial charge in [-0.05, 0) is 36.1 Å². The average molecular weight is 462 g/mol. The third-order valence-electron chi connectivity index (χ3n) is 5.29. The van der Waals surface area contributed by atoms with Gasteiger partial charge in [0.15, 0.2) is 5.78 Å². The molecule has 0 heterocycles. The smallest absolute Gasteiger partial charge is 0.342 e. The number of carbonyl (C=O) groups excluding carboxylic acids is 2. The molecule has 0 spiro atoms. The highest BCUT2D eigenvalue weighted by Gasteiger charge is 2.37. The van der Waals surface area contributed by atoms with Gasteiger partial charge in [-0.2, -0.15) is 0 Å². The van der Waals surface area contributed by atoms with Crippen LogP contribution in [-0.2, 0) is 19.1 Å². The molecule has 1 N–H and O–H groups in total. The van der Waals surface area contributed by atoms with Crippen molar-refractivity contribution in [2.75, 3.05) is 6.61 Å². The summed E-state index contributed by atoms with van der Waals surface area (Å²) in [6.45, 7) is -1.09. The number of carbonyl (C=O) groups is 3. The largest absolute Gasteiger partial charge is 0.481 e. The van der Waals surface area contributed by atoms with Crippen molar-refractivity contribution in [2.45, 2.75) is 26.2 Å². The molecule has 0 saturated heterocycles. The molecular weight excluding hydrogens is 435 g/mol. The molecule has 6 heteroatoms. The van der Waals surface area contributed by atoms with Crippen LogP contribution in [0.25, 0.3) is 0 Å². The van der Waals surface area contributed by atoms with Crippen LogP contribution in [0.2, 0.25) is 0 Å². The molecule has 0 atom stereocenters. The van der Waals surface area contributed by atoms with E-state index in [2.05, 4.69) is 0 Å². The summed E-state index contributed by atoms with van der Waals surface area (Å²) >= 11 is 0. The van der Waals surface area contributed by atoms with E-state index in [0.29, 0.717) is 0 Å². The topological polar surface area (TPSA) is 80.7 Å². The highest BCUT2D eigenvalue weighted by atomic mass is 31.2. The van der Waals surface area contributed by atoms with E-state index in [9.17, 15) is 14.4 Å². The molecule has 33 heavy (non-hydrogen) atoms. The fourth-order valence-electron chi connectivity index (χ4n) is 3.95. The molecule has 3 aromatic carbocycles. The first kappa shape index (κ1) is 24.2. The Bertz CT molecular complexity index is 1050. The van der Waals surface area contributed by atoms with Gasteiger partial charge in [-0.1, -0.05) is 91.0 Å². The lowest BCUT2D eigenvalue weighted by atomic mass is 10.1. The van der Waals surface area contributed by atoms with Crippen LogP contribution in [0.3, 0.4) is 0 Å². The second kappa shape index (κ2) is 11.4. The summed E-state index contributed by atoms with van der Waals surface area (Å²) in [7, 11) is 0. The maximum Gasteiger partial charge on any atom is 0.342 e. The van der Waals surface area contributed by atoms with Crippen LogP contribution in [0, 0.1) is 0 Å². The minimum atomic E-state index is -2.92. The Hall–Kier alpha value is -3.43. The zero-order chi connectivity index (χ0) is 23.7. The molecule has 0 aliphatic rings. The number of esters is 1. The Balaban J connectivity index is 2.47. The molecule has 0 unspecified atom stereocenters. The van der Waals surface area contributed by atoms with Crippen LogP contribution in [-0.4, -0.2) is 34.7 Å². The number of carboxylic acid groups (broad SMARTS) is 1. The lowest BCUT2D eigenvalue weighted by Crippen LogP contribution is -2.38. The van der Waals surface area contributed by atoms with Crippen molar-refractivity contribution < 1.29 is 24.2 Å². The number of ketones is 1. The van der Waals surface area contributed by atoms with Crippen LogP contribution < -0.4 is 15.9 Å². The fourth-order valence-corrected chi connectivity index (χ4v) is 8.30. The highest BCUT2D eigenvalue weighted by molar-refractivity contribution is 7.97. The lowest BCUT2D eigenvalue weighted by molar-refractivity contribution is -0.137. The minimum Gasteiger partial charge on any atom is -0.481 e. The van der Waals surface area contributed by atoms with Crippen LogP contribution in [0.1, 0.15) is 26.2 Å². The summed E-state index contributed by atoms with van der Waals surface area (Å²) in [5, 5.41) is 11.7. The van der Waals surface area contributed by atoms with E-state index in [-0.39, 0.29) is 36.9 Å². The number of benzene rings is 3. The molecule has 0 aliphatic carbocycles. The van der Waals surface area contributed by atoms with Gasteiger partial charge in [0, 0.05) is 12.8 Å². The first-order chi connectivity index (χ1) is 16.0. The number of ether oxygens (including phenoxy) is 1. The molecule has 0 bridgehead atoms. The average Bonchev–Trinajstić information content (AvgIpc) is 2.84. The zero-order valence-corrected chi connectivity index (χ0v) is 19.4. The van der Waals surface area contributed by atoms with Crippen molar-refractivity contribution in [3.63, 3.8) is 0 Å². The Morgan fingerprint density at radius 1 is 0.727 bits per heavy atom. The second-order valence-electron chi connectivity index (χ2n) is 7.42. The van der Waals surface area contributed by atoms with Crippen LogP contribution in [0.15, 0.2) is 91.0 Å². The van der Waals surface area contributed by atoms with Crippen molar-refractivity contribution in [3.8, 4) is 0 Å². The van der Waals surface area contributed by atoms with E-state index < -0.39 is 18.8 Å². The van der Waals surface area contributed by atoms with Crippen molar-refractivity contribution >= 4 is 45.8 Å². The third-order valence-corrected chi connectivity index (χ3v) is 9.61. The quantitative estimate of drug-likeness (QED) is 0.283. The van der Waals surface area contributed by atoms with Gasteiger partial charge < -0.3 is 9.84 Å². The SMILES string of the molecule is CCOC(=O)C(C(=O)CCCC(=O)O)=P(c1ccccc1)(c1ccccc1)c1ccccc1. The first-order valence-corrected chi connectivity index (χ1v) is 12.7. The van der Waals surface area contributed by atoms with Gasteiger partial charge in [-0.3, -0.25) is 9.59 Å². The summed E-state index contributed by atoms with van der Waals surface area (Å²) in [4.78, 5) is 38.2. The molecular formula is C27H27O5P. The van der Waals surface area contributed by atoms with E-state index in [1.807, 2.05) is 91.0 Å². The van der Waals surface area contributed by atoms with Gasteiger partial charge in [0.2, 0.25) is 0 Å². The maximum absolute atomic E-state index is 13.7. The molecule has 0 aliphatic heterocycles. The number of hydrogen-bond acceptors (Lipinski definition) is 4. The van der Waals surface area contributed by atoms with Crippen LogP contribution >= 0.6 is 6.89 Å². The molecule has 170 valence electrons. The third kappa shape index (κ3) is 5.32. The predicted molar refractivity (Wildman–Crippen MR) is 133 cm³/mol. The van der Waals surface area contributed by atoms with Crippen molar-refractivity contribution in [1.82, 2.24) is 0 Å². The molecule has 0 aromatic heterocycles. The summed E-state index contributed by atoms with van der Waals surface area (Å²) in [5.74, 6) is -2.00. The summed E-state index contributed by atoms with van der Waals surface area (Å²) in [6, 6.07) is 28.7. The van der Waals surface area contributed by atoms with E-state index in [4.69, 9.17) is 9.84 Å². The van der Waals surface area contributed by atoms with Gasteiger partial charge in [0.05, 0.1) is 6.61 Å². The second-order valence-corrected chi connectivity index (χ2v) is 10.8. The number of Topliss-reactive ketones (excluding diaryl/α,β-unsaturated/α-hetero) is 1. The van der Waals surface area contributed by atoms with Crippen molar-refractivity contribution in [3.05, 3.63) is 91.0 Å². The minimum absolute atomic E-state index is 0.0469. The molecule has 0 saturated carbocycles. The standard InChI is InChI=1S/C27H27O5P/c1-2-32-27(31)26(24(28)19-12-20-25(29)30)33(21-13-6-3-7-14-21,22-15-8-4-9-16-22)23-17-10-5-11-18-23/h3-11,13-18H,2,12,19-20H2,1H3,(H,29,30). The van der Waals surface area contributed by atoms with Crippen molar-refractivity contribution in [1.29, 1.82) is 0 Å². The van der Waals surface area contributed by atoms with E-state index in [1.165, 1.54) is 0 Å². The highest BCUT2D eigenvalue weighted by Crippen LogP contribution is 2.46. The Morgan fingerprint density at radius 3 is 1.52 bits per heavy atom. The van der Waals surface area contributed by atoms with Gasteiger partial charge in [-0.25, -0.2) is 4.79 Å². The number of carboxylic acids is 1. The number of hydrogen-bond donors (Lipinski definition) is 1. The molecule has 3 rings (SSSR count).